The third kappa shape index (κ3) is 3.83. The molecule has 5 nitrogen and oxygen atoms in total. The molecule has 0 fully saturated rings. The van der Waals surface area contributed by atoms with E-state index in [1.165, 1.54) is 5.56 Å². The Kier molecular flexibility index (Phi) is 5.52. The van der Waals surface area contributed by atoms with Gasteiger partial charge in [0.25, 0.3) is 5.56 Å². The molecule has 164 valence electrons. The summed E-state index contributed by atoms with van der Waals surface area (Å²) in [6.45, 7) is 2.07. The fourth-order valence-corrected chi connectivity index (χ4v) is 4.69. The number of thiocarbonyl (C=S) groups is 1. The first kappa shape index (κ1) is 21.1. The zero-order valence-electron chi connectivity index (χ0n) is 18.5. The minimum absolute atomic E-state index is 0.0886. The molecule has 0 bridgehead atoms. The summed E-state index contributed by atoms with van der Waals surface area (Å²) in [7, 11) is 1.79. The topological polar surface area (TPSA) is 60.5 Å². The lowest BCUT2D eigenvalue weighted by Gasteiger charge is -2.24. The number of H-pyrrole nitrogens is 1. The smallest absolute Gasteiger partial charge is 0.258 e. The number of aromatic nitrogens is 1. The van der Waals surface area contributed by atoms with Gasteiger partial charge in [0.1, 0.15) is 0 Å². The van der Waals surface area contributed by atoms with Crippen LogP contribution in [0.3, 0.4) is 0 Å². The number of pyridine rings is 1. The Morgan fingerprint density at radius 2 is 1.79 bits per heavy atom. The van der Waals surface area contributed by atoms with E-state index in [2.05, 4.69) is 35.4 Å². The molecular weight excluding hydrogens is 428 g/mol. The van der Waals surface area contributed by atoms with Gasteiger partial charge in [-0.15, -0.1) is 0 Å². The standard InChI is InChI=1S/C27H24N4OS/c1-17-9-8-12-19(15-17)23-16-22(30-31(23)27(33)28-2)25-24(18-10-4-3-5-11-18)20-13-6-7-14-21(20)29-26(25)32/h3-15,23H,16H2,1-2H3,(H,28,33)(H,29,32). The van der Waals surface area contributed by atoms with E-state index >= 15 is 0 Å². The number of nitrogens with zero attached hydrogens (tertiary/aromatic N) is 2. The molecular formula is C27H24N4OS. The fourth-order valence-electron chi connectivity index (χ4n) is 4.52. The average molecular weight is 453 g/mol. The molecule has 1 aromatic heterocycles. The molecule has 0 spiro atoms. The van der Waals surface area contributed by atoms with Crippen LogP contribution in [0.1, 0.15) is 29.2 Å². The second kappa shape index (κ2) is 8.64. The molecule has 2 heterocycles. The summed E-state index contributed by atoms with van der Waals surface area (Å²) in [5.41, 5.74) is 6.15. The van der Waals surface area contributed by atoms with Crippen molar-refractivity contribution in [3.63, 3.8) is 0 Å². The highest BCUT2D eigenvalue weighted by Crippen LogP contribution is 2.36. The van der Waals surface area contributed by atoms with E-state index in [4.69, 9.17) is 17.3 Å². The van der Waals surface area contributed by atoms with Crippen LogP contribution in [0, 0.1) is 6.92 Å². The number of para-hydroxylation sites is 1. The predicted octanol–water partition coefficient (Wildman–Crippen LogP) is 5.16. The molecule has 0 aliphatic carbocycles. The summed E-state index contributed by atoms with van der Waals surface area (Å²) >= 11 is 5.59. The van der Waals surface area contributed by atoms with Crippen molar-refractivity contribution >= 4 is 33.9 Å². The number of hydrazone groups is 1. The minimum Gasteiger partial charge on any atom is -0.364 e. The first-order valence-corrected chi connectivity index (χ1v) is 11.3. The number of fused-ring (bicyclic) bond motifs is 1. The van der Waals surface area contributed by atoms with Crippen molar-refractivity contribution in [3.05, 3.63) is 106 Å². The Bertz CT molecular complexity index is 1440. The quantitative estimate of drug-likeness (QED) is 0.422. The highest BCUT2D eigenvalue weighted by molar-refractivity contribution is 7.80. The van der Waals surface area contributed by atoms with Crippen LogP contribution in [0.15, 0.2) is 88.8 Å². The fraction of sp³-hybridized carbons (Fsp3) is 0.148. The van der Waals surface area contributed by atoms with E-state index in [1.54, 1.807) is 7.05 Å². The van der Waals surface area contributed by atoms with Crippen LogP contribution >= 0.6 is 12.2 Å². The third-order valence-corrected chi connectivity index (χ3v) is 6.42. The van der Waals surface area contributed by atoms with Crippen molar-refractivity contribution in [2.24, 2.45) is 5.10 Å². The van der Waals surface area contributed by atoms with E-state index in [9.17, 15) is 4.79 Å². The second-order valence-corrected chi connectivity index (χ2v) is 8.58. The van der Waals surface area contributed by atoms with Crippen LogP contribution in [0.5, 0.6) is 0 Å². The summed E-state index contributed by atoms with van der Waals surface area (Å²) in [6.07, 6.45) is 0.576. The molecule has 3 aromatic carbocycles. The van der Waals surface area contributed by atoms with E-state index in [0.29, 0.717) is 17.1 Å². The third-order valence-electron chi connectivity index (χ3n) is 6.03. The van der Waals surface area contributed by atoms with Crippen LogP contribution in [0.25, 0.3) is 22.0 Å². The highest BCUT2D eigenvalue weighted by Gasteiger charge is 2.33. The number of benzene rings is 3. The number of aromatic amines is 1. The lowest BCUT2D eigenvalue weighted by atomic mass is 9.91. The molecule has 4 aromatic rings. The maximum absolute atomic E-state index is 13.5. The Labute approximate surface area is 197 Å². The van der Waals surface area contributed by atoms with Crippen LogP contribution in [0.4, 0.5) is 0 Å². The van der Waals surface area contributed by atoms with Crippen LogP contribution < -0.4 is 10.9 Å². The van der Waals surface area contributed by atoms with Crippen LogP contribution in [-0.4, -0.2) is 27.9 Å². The van der Waals surface area contributed by atoms with Crippen molar-refractivity contribution in [2.45, 2.75) is 19.4 Å². The molecule has 0 amide bonds. The zero-order chi connectivity index (χ0) is 22.9. The summed E-state index contributed by atoms with van der Waals surface area (Å²) in [5, 5.41) is 11.3. The monoisotopic (exact) mass is 452 g/mol. The molecule has 1 aliphatic rings. The number of hydrogen-bond donors (Lipinski definition) is 2. The SMILES string of the molecule is CNC(=S)N1N=C(c2c(-c3ccccc3)c3ccccc3[nH]c2=O)CC1c1cccc(C)c1. The molecule has 0 saturated heterocycles. The highest BCUT2D eigenvalue weighted by atomic mass is 32.1. The first-order chi connectivity index (χ1) is 16.1. The number of aryl methyl sites for hydroxylation is 1. The molecule has 1 atom stereocenters. The lowest BCUT2D eigenvalue weighted by molar-refractivity contribution is 0.366. The molecule has 0 saturated carbocycles. The zero-order valence-corrected chi connectivity index (χ0v) is 19.3. The second-order valence-electron chi connectivity index (χ2n) is 8.20. The maximum Gasteiger partial charge on any atom is 0.258 e. The van der Waals surface area contributed by atoms with E-state index in [0.717, 1.165) is 33.3 Å². The average Bonchev–Trinajstić information content (AvgIpc) is 3.28. The molecule has 0 radical (unpaired) electrons. The van der Waals surface area contributed by atoms with Gasteiger partial charge in [-0.1, -0.05) is 78.4 Å². The summed E-state index contributed by atoms with van der Waals surface area (Å²) in [5.74, 6) is 0. The Balaban J connectivity index is 1.73. The maximum atomic E-state index is 13.5. The van der Waals surface area contributed by atoms with Crippen LogP contribution in [-0.2, 0) is 0 Å². The molecule has 2 N–H and O–H groups in total. The summed E-state index contributed by atoms with van der Waals surface area (Å²) in [4.78, 5) is 16.5. The molecule has 6 heteroatoms. The predicted molar refractivity (Wildman–Crippen MR) is 139 cm³/mol. The van der Waals surface area contributed by atoms with Gasteiger partial charge in [-0.05, 0) is 36.3 Å². The van der Waals surface area contributed by atoms with Gasteiger partial charge in [0.15, 0.2) is 5.11 Å². The lowest BCUT2D eigenvalue weighted by Crippen LogP contribution is -2.34. The van der Waals surface area contributed by atoms with Crippen molar-refractivity contribution in [3.8, 4) is 11.1 Å². The van der Waals surface area contributed by atoms with Gasteiger partial charge in [-0.25, -0.2) is 5.01 Å². The normalized spacial score (nSPS) is 15.5. The molecule has 5 rings (SSSR count). The summed E-state index contributed by atoms with van der Waals surface area (Å²) in [6, 6.07) is 26.2. The Morgan fingerprint density at radius 3 is 2.55 bits per heavy atom. The van der Waals surface area contributed by atoms with Gasteiger partial charge in [-0.3, -0.25) is 4.79 Å². The molecule has 33 heavy (non-hydrogen) atoms. The van der Waals surface area contributed by atoms with Gasteiger partial charge in [0.2, 0.25) is 0 Å². The molecule has 1 aliphatic heterocycles. The van der Waals surface area contributed by atoms with Crippen molar-refractivity contribution in [1.82, 2.24) is 15.3 Å². The number of rotatable bonds is 3. The van der Waals surface area contributed by atoms with Crippen molar-refractivity contribution in [1.29, 1.82) is 0 Å². The van der Waals surface area contributed by atoms with Crippen molar-refractivity contribution < 1.29 is 0 Å². The Morgan fingerprint density at radius 1 is 1.03 bits per heavy atom. The van der Waals surface area contributed by atoms with Crippen LogP contribution in [0.2, 0.25) is 0 Å². The van der Waals surface area contributed by atoms with E-state index in [-0.39, 0.29) is 11.6 Å². The van der Waals surface area contributed by atoms with Gasteiger partial charge >= 0.3 is 0 Å². The van der Waals surface area contributed by atoms with Gasteiger partial charge < -0.3 is 10.3 Å². The van der Waals surface area contributed by atoms with Crippen molar-refractivity contribution in [2.75, 3.05) is 7.05 Å². The first-order valence-electron chi connectivity index (χ1n) is 10.9. The molecule has 1 unspecified atom stereocenters. The van der Waals surface area contributed by atoms with Gasteiger partial charge in [0, 0.05) is 29.9 Å². The van der Waals surface area contributed by atoms with Gasteiger partial charge in [-0.2, -0.15) is 5.10 Å². The largest absolute Gasteiger partial charge is 0.364 e. The summed E-state index contributed by atoms with van der Waals surface area (Å²) < 4.78 is 0. The minimum atomic E-state index is -0.147. The Hall–Kier alpha value is -3.77. The van der Waals surface area contributed by atoms with Gasteiger partial charge in [0.05, 0.1) is 17.3 Å². The number of nitrogens with one attached hydrogen (secondary N) is 2. The number of hydrogen-bond acceptors (Lipinski definition) is 3. The van der Waals surface area contributed by atoms with E-state index in [1.807, 2.05) is 65.7 Å². The van der Waals surface area contributed by atoms with E-state index < -0.39 is 0 Å².